The highest BCUT2D eigenvalue weighted by atomic mass is 16.4. The first-order valence-electron chi connectivity index (χ1n) is 8.30. The first-order valence-corrected chi connectivity index (χ1v) is 8.30. The van der Waals surface area contributed by atoms with Crippen molar-refractivity contribution in [3.05, 3.63) is 23.3 Å². The summed E-state index contributed by atoms with van der Waals surface area (Å²) in [5.41, 5.74) is 3.89. The zero-order valence-electron chi connectivity index (χ0n) is 14.0. The van der Waals surface area contributed by atoms with Crippen molar-refractivity contribution in [3.8, 4) is 0 Å². The Balaban J connectivity index is 0.000000452. The fourth-order valence-corrected chi connectivity index (χ4v) is 4.95. The van der Waals surface area contributed by atoms with Crippen LogP contribution in [0.2, 0.25) is 0 Å². The Kier molecular flexibility index (Phi) is 5.12. The monoisotopic (exact) mass is 276 g/mol. The molecule has 3 aliphatic rings. The van der Waals surface area contributed by atoms with Gasteiger partial charge in [0.05, 0.1) is 0 Å². The minimum absolute atomic E-state index is 0.610. The van der Waals surface area contributed by atoms with Gasteiger partial charge in [-0.05, 0) is 61.3 Å². The molecule has 0 spiro atoms. The van der Waals surface area contributed by atoms with Crippen LogP contribution in [0, 0.1) is 23.2 Å². The second-order valence-electron chi connectivity index (χ2n) is 7.41. The van der Waals surface area contributed by atoms with Gasteiger partial charge in [-0.1, -0.05) is 44.4 Å². The van der Waals surface area contributed by atoms with E-state index < -0.39 is 0 Å². The summed E-state index contributed by atoms with van der Waals surface area (Å²) in [5.74, 6) is 2.77. The lowest BCUT2D eigenvalue weighted by atomic mass is 9.51. The molecule has 0 amide bonds. The average Bonchev–Trinajstić information content (AvgIpc) is 2.39. The van der Waals surface area contributed by atoms with E-state index in [2.05, 4.69) is 37.7 Å². The molecule has 1 heteroatoms. The van der Waals surface area contributed by atoms with Gasteiger partial charge in [0.2, 0.25) is 0 Å². The summed E-state index contributed by atoms with van der Waals surface area (Å²) in [6.07, 6.45) is 13.5. The molecule has 4 atom stereocenters. The lowest BCUT2D eigenvalue weighted by molar-refractivity contribution is 0.0112. The maximum atomic E-state index is 4.25. The van der Waals surface area contributed by atoms with Crippen molar-refractivity contribution >= 4 is 0 Å². The fraction of sp³-hybridized carbons (Fsp3) is 0.789. The average molecular weight is 276 g/mol. The van der Waals surface area contributed by atoms with Gasteiger partial charge in [-0.15, -0.1) is 0 Å². The maximum Gasteiger partial charge on any atom is 0.0351 e. The van der Waals surface area contributed by atoms with E-state index in [-0.39, 0.29) is 0 Å². The smallest absolute Gasteiger partial charge is 0.0351 e. The molecule has 0 aromatic heterocycles. The molecule has 0 aromatic rings. The summed E-state index contributed by atoms with van der Waals surface area (Å²) in [6.45, 7) is 7.39. The van der Waals surface area contributed by atoms with Crippen molar-refractivity contribution < 1.29 is 4.74 Å². The quantitative estimate of drug-likeness (QED) is 0.577. The number of hydrogen-bond acceptors (Lipinski definition) is 1. The van der Waals surface area contributed by atoms with E-state index in [1.807, 2.05) is 0 Å². The van der Waals surface area contributed by atoms with Gasteiger partial charge in [0, 0.05) is 14.2 Å². The Hall–Kier alpha value is -0.560. The van der Waals surface area contributed by atoms with E-state index in [1.165, 1.54) is 38.5 Å². The van der Waals surface area contributed by atoms with Crippen LogP contribution in [-0.2, 0) is 4.74 Å². The molecule has 0 heterocycles. The lowest BCUT2D eigenvalue weighted by Crippen LogP contribution is -2.45. The summed E-state index contributed by atoms with van der Waals surface area (Å²) in [7, 11) is 3.25. The second kappa shape index (κ2) is 6.47. The first kappa shape index (κ1) is 15.8. The Morgan fingerprint density at radius 1 is 1.25 bits per heavy atom. The number of rotatable bonds is 0. The van der Waals surface area contributed by atoms with Gasteiger partial charge in [0.15, 0.2) is 0 Å². The Morgan fingerprint density at radius 2 is 1.95 bits per heavy atom. The topological polar surface area (TPSA) is 9.23 Å². The molecule has 3 aliphatic carbocycles. The van der Waals surface area contributed by atoms with Gasteiger partial charge in [-0.3, -0.25) is 0 Å². The van der Waals surface area contributed by atoms with Crippen LogP contribution in [0.5, 0.6) is 0 Å². The van der Waals surface area contributed by atoms with E-state index in [9.17, 15) is 0 Å². The first-order chi connectivity index (χ1) is 9.52. The third-order valence-electron chi connectivity index (χ3n) is 5.96. The predicted molar refractivity (Wildman–Crippen MR) is 86.7 cm³/mol. The van der Waals surface area contributed by atoms with E-state index in [1.54, 1.807) is 25.4 Å². The van der Waals surface area contributed by atoms with Crippen molar-refractivity contribution in [3.63, 3.8) is 0 Å². The summed E-state index contributed by atoms with van der Waals surface area (Å²) in [5, 5.41) is 0. The van der Waals surface area contributed by atoms with Crippen molar-refractivity contribution in [2.45, 2.75) is 59.3 Å². The standard InChI is InChI=1S/C17H26.C2H6O/c1-12-6-8-16-14(11-12)7-9-15-13(2)5-4-10-17(15,16)3;1-3-2/h7,11,13,15-16H,4-6,8-10H2,1-3H3;1-2H3/t13-,15?,16?,17-;/m0./s1. The minimum atomic E-state index is 0.610. The molecule has 0 radical (unpaired) electrons. The fourth-order valence-electron chi connectivity index (χ4n) is 4.95. The molecule has 1 nitrogen and oxygen atoms in total. The Morgan fingerprint density at radius 3 is 2.65 bits per heavy atom. The zero-order valence-corrected chi connectivity index (χ0v) is 14.0. The third kappa shape index (κ3) is 2.88. The molecule has 0 aromatic carbocycles. The molecular formula is C19H32O. The molecule has 1 fully saturated rings. The molecule has 0 bridgehead atoms. The van der Waals surface area contributed by atoms with E-state index >= 15 is 0 Å². The molecule has 20 heavy (non-hydrogen) atoms. The van der Waals surface area contributed by atoms with Crippen LogP contribution in [0.1, 0.15) is 59.3 Å². The SMILES string of the molecule is CC1=CC2=CCC3[C@@H](C)CCC[C@]3(C)C2CC1.COC. The summed E-state index contributed by atoms with van der Waals surface area (Å²) >= 11 is 0. The van der Waals surface area contributed by atoms with Crippen LogP contribution in [0.3, 0.4) is 0 Å². The van der Waals surface area contributed by atoms with Gasteiger partial charge in [0.25, 0.3) is 0 Å². The molecule has 114 valence electrons. The van der Waals surface area contributed by atoms with E-state index in [0.29, 0.717) is 5.41 Å². The molecule has 0 N–H and O–H groups in total. The van der Waals surface area contributed by atoms with Gasteiger partial charge in [0.1, 0.15) is 0 Å². The summed E-state index contributed by atoms with van der Waals surface area (Å²) < 4.78 is 4.25. The molecule has 1 saturated carbocycles. The maximum absolute atomic E-state index is 4.25. The number of hydrogen-bond donors (Lipinski definition) is 0. The van der Waals surface area contributed by atoms with Crippen LogP contribution >= 0.6 is 0 Å². The highest BCUT2D eigenvalue weighted by Gasteiger charge is 2.48. The Bertz CT molecular complexity index is 393. The largest absolute Gasteiger partial charge is 0.388 e. The summed E-state index contributed by atoms with van der Waals surface area (Å²) in [4.78, 5) is 0. The van der Waals surface area contributed by atoms with Crippen molar-refractivity contribution in [2.24, 2.45) is 23.2 Å². The third-order valence-corrected chi connectivity index (χ3v) is 5.96. The molecule has 3 rings (SSSR count). The van der Waals surface area contributed by atoms with E-state index in [0.717, 1.165) is 17.8 Å². The van der Waals surface area contributed by atoms with Gasteiger partial charge in [-0.2, -0.15) is 0 Å². The zero-order chi connectivity index (χ0) is 14.8. The van der Waals surface area contributed by atoms with Gasteiger partial charge >= 0.3 is 0 Å². The number of methoxy groups -OCH3 is 1. The van der Waals surface area contributed by atoms with Crippen molar-refractivity contribution in [2.75, 3.05) is 14.2 Å². The van der Waals surface area contributed by atoms with E-state index in [4.69, 9.17) is 0 Å². The van der Waals surface area contributed by atoms with Gasteiger partial charge < -0.3 is 4.74 Å². The highest BCUT2D eigenvalue weighted by Crippen LogP contribution is 2.57. The number of ether oxygens (including phenoxy) is 1. The lowest BCUT2D eigenvalue weighted by Gasteiger charge is -2.53. The number of allylic oxidation sites excluding steroid dienone is 4. The second-order valence-corrected chi connectivity index (χ2v) is 7.41. The van der Waals surface area contributed by atoms with Crippen LogP contribution in [0.4, 0.5) is 0 Å². The minimum Gasteiger partial charge on any atom is -0.388 e. The van der Waals surface area contributed by atoms with Crippen LogP contribution in [0.25, 0.3) is 0 Å². The number of fused-ring (bicyclic) bond motifs is 3. The highest BCUT2D eigenvalue weighted by molar-refractivity contribution is 5.33. The predicted octanol–water partition coefficient (Wildman–Crippen LogP) is 5.38. The Labute approximate surface area is 125 Å². The van der Waals surface area contributed by atoms with Crippen LogP contribution in [-0.4, -0.2) is 14.2 Å². The van der Waals surface area contributed by atoms with Gasteiger partial charge in [-0.25, -0.2) is 0 Å². The van der Waals surface area contributed by atoms with Crippen LogP contribution < -0.4 is 0 Å². The molecule has 0 aliphatic heterocycles. The normalized spacial score (nSPS) is 39.5. The molecular weight excluding hydrogens is 244 g/mol. The summed E-state index contributed by atoms with van der Waals surface area (Å²) in [6, 6.07) is 0. The molecule has 0 saturated heterocycles. The molecule has 2 unspecified atom stereocenters. The van der Waals surface area contributed by atoms with Crippen LogP contribution in [0.15, 0.2) is 23.3 Å². The van der Waals surface area contributed by atoms with Crippen molar-refractivity contribution in [1.29, 1.82) is 0 Å². The van der Waals surface area contributed by atoms with Crippen molar-refractivity contribution in [1.82, 2.24) is 0 Å².